The molecule has 0 aliphatic carbocycles. The van der Waals surface area contributed by atoms with Gasteiger partial charge in [0.25, 0.3) is 0 Å². The monoisotopic (exact) mass is 449 g/mol. The highest BCUT2D eigenvalue weighted by molar-refractivity contribution is 6.02. The maximum Gasteiger partial charge on any atom is 0.317 e. The highest BCUT2D eigenvalue weighted by atomic mass is 16.6. The molecule has 0 spiro atoms. The van der Waals surface area contributed by atoms with E-state index in [1.165, 1.54) is 5.56 Å². The van der Waals surface area contributed by atoms with Gasteiger partial charge in [0.05, 0.1) is 12.3 Å². The number of hydrogen-bond acceptors (Lipinski definition) is 6. The molecule has 1 atom stereocenters. The van der Waals surface area contributed by atoms with Crippen molar-refractivity contribution >= 4 is 17.5 Å². The fourth-order valence-corrected chi connectivity index (χ4v) is 4.21. The van der Waals surface area contributed by atoms with Crippen LogP contribution in [-0.4, -0.2) is 84.3 Å². The third kappa shape index (κ3) is 6.63. The number of carboxylic acid groups (broad SMARTS) is 1. The predicted octanol–water partition coefficient (Wildman–Crippen LogP) is 2.04. The lowest BCUT2D eigenvalue weighted by atomic mass is 10.0. The summed E-state index contributed by atoms with van der Waals surface area (Å²) in [5.41, 5.74) is 4.05. The van der Waals surface area contributed by atoms with Crippen molar-refractivity contribution in [2.45, 2.75) is 18.9 Å². The molecule has 0 saturated carbocycles. The first kappa shape index (κ1) is 22.9. The fraction of sp³-hybridized carbons (Fsp3) is 0.400. The normalized spacial score (nSPS) is 19.0. The summed E-state index contributed by atoms with van der Waals surface area (Å²) >= 11 is 0. The number of piperazine rings is 1. The van der Waals surface area contributed by atoms with Crippen molar-refractivity contribution in [2.24, 2.45) is 5.16 Å². The van der Waals surface area contributed by atoms with Crippen LogP contribution < -0.4 is 5.32 Å². The summed E-state index contributed by atoms with van der Waals surface area (Å²) in [5.74, 6) is -0.355. The van der Waals surface area contributed by atoms with Gasteiger partial charge in [0.2, 0.25) is 0 Å². The Balaban J connectivity index is 1.20. The van der Waals surface area contributed by atoms with Crippen molar-refractivity contribution in [1.82, 2.24) is 15.1 Å². The van der Waals surface area contributed by atoms with Crippen molar-refractivity contribution in [3.8, 4) is 0 Å². The Bertz CT molecular complexity index is 969. The Morgan fingerprint density at radius 2 is 1.76 bits per heavy atom. The van der Waals surface area contributed by atoms with Crippen molar-refractivity contribution in [1.29, 1.82) is 5.41 Å². The van der Waals surface area contributed by atoms with Gasteiger partial charge >= 0.3 is 5.97 Å². The molecule has 0 aromatic heterocycles. The molecule has 33 heavy (non-hydrogen) atoms. The predicted molar refractivity (Wildman–Crippen MR) is 128 cm³/mol. The Kier molecular flexibility index (Phi) is 7.70. The van der Waals surface area contributed by atoms with Gasteiger partial charge < -0.3 is 15.3 Å². The smallest absolute Gasteiger partial charge is 0.317 e. The largest absolute Gasteiger partial charge is 0.480 e. The zero-order chi connectivity index (χ0) is 23.0. The van der Waals surface area contributed by atoms with E-state index >= 15 is 0 Å². The van der Waals surface area contributed by atoms with Gasteiger partial charge in [0.15, 0.2) is 0 Å². The van der Waals surface area contributed by atoms with E-state index in [9.17, 15) is 4.79 Å². The molecule has 4 rings (SSSR count). The van der Waals surface area contributed by atoms with Crippen LogP contribution in [0.2, 0.25) is 0 Å². The van der Waals surface area contributed by atoms with E-state index in [2.05, 4.69) is 27.5 Å². The maximum atomic E-state index is 10.9. The Morgan fingerprint density at radius 1 is 1.06 bits per heavy atom. The van der Waals surface area contributed by atoms with E-state index in [4.69, 9.17) is 15.4 Å². The average Bonchev–Trinajstić information content (AvgIpc) is 3.29. The highest BCUT2D eigenvalue weighted by Gasteiger charge is 2.27. The minimum Gasteiger partial charge on any atom is -0.480 e. The molecule has 1 fully saturated rings. The van der Waals surface area contributed by atoms with E-state index in [0.29, 0.717) is 5.84 Å². The fourth-order valence-electron chi connectivity index (χ4n) is 4.21. The minimum atomic E-state index is -0.773. The van der Waals surface area contributed by atoms with Crippen molar-refractivity contribution < 1.29 is 14.7 Å². The summed E-state index contributed by atoms with van der Waals surface area (Å²) in [6, 6.07) is 18.1. The number of aliphatic carboxylic acids is 1. The molecular formula is C25H31N5O3. The molecule has 0 radical (unpaired) electrons. The van der Waals surface area contributed by atoms with E-state index in [1.54, 1.807) is 0 Å². The molecule has 2 aliphatic rings. The summed E-state index contributed by atoms with van der Waals surface area (Å²) in [6.07, 6.45) is 1.65. The lowest BCUT2D eigenvalue weighted by Gasteiger charge is -2.34. The van der Waals surface area contributed by atoms with Crippen LogP contribution in [-0.2, 0) is 16.1 Å². The second kappa shape index (κ2) is 11.1. The molecule has 8 heteroatoms. The Hall–Kier alpha value is -3.23. The van der Waals surface area contributed by atoms with Gasteiger partial charge in [-0.1, -0.05) is 59.8 Å². The van der Waals surface area contributed by atoms with Crippen LogP contribution in [0.4, 0.5) is 0 Å². The summed E-state index contributed by atoms with van der Waals surface area (Å²) in [4.78, 5) is 20.8. The molecule has 1 saturated heterocycles. The number of benzene rings is 2. The molecule has 8 nitrogen and oxygen atoms in total. The third-order valence-corrected chi connectivity index (χ3v) is 6.08. The summed E-state index contributed by atoms with van der Waals surface area (Å²) in [7, 11) is 0. The SMILES string of the molecule is N=C(NCCc1ccccc1)c1ccc(C2=NOC(CN3CCN(CC(=O)O)CC3)C2)cc1. The number of nitrogens with zero attached hydrogens (tertiary/aromatic N) is 3. The second-order valence-electron chi connectivity index (χ2n) is 8.55. The van der Waals surface area contributed by atoms with Crippen LogP contribution in [0, 0.1) is 5.41 Å². The van der Waals surface area contributed by atoms with Gasteiger partial charge in [-0.3, -0.25) is 20.0 Å². The van der Waals surface area contributed by atoms with Crippen molar-refractivity contribution in [3.05, 3.63) is 71.3 Å². The van der Waals surface area contributed by atoms with Crippen LogP contribution in [0.25, 0.3) is 0 Å². The number of rotatable bonds is 9. The lowest BCUT2D eigenvalue weighted by molar-refractivity contribution is -0.138. The molecule has 2 aromatic carbocycles. The first-order valence-electron chi connectivity index (χ1n) is 11.4. The molecule has 0 bridgehead atoms. The van der Waals surface area contributed by atoms with E-state index in [0.717, 1.165) is 68.9 Å². The molecule has 2 aliphatic heterocycles. The van der Waals surface area contributed by atoms with Crippen LogP contribution in [0.5, 0.6) is 0 Å². The Labute approximate surface area is 194 Å². The van der Waals surface area contributed by atoms with Gasteiger partial charge in [0, 0.05) is 51.3 Å². The van der Waals surface area contributed by atoms with Crippen molar-refractivity contribution in [3.63, 3.8) is 0 Å². The molecule has 2 aromatic rings. The second-order valence-corrected chi connectivity index (χ2v) is 8.55. The Morgan fingerprint density at radius 3 is 2.45 bits per heavy atom. The van der Waals surface area contributed by atoms with Crippen LogP contribution in [0.1, 0.15) is 23.1 Å². The van der Waals surface area contributed by atoms with Crippen LogP contribution >= 0.6 is 0 Å². The number of nitrogens with one attached hydrogen (secondary N) is 2. The van der Waals surface area contributed by atoms with Gasteiger partial charge in [-0.05, 0) is 17.5 Å². The van der Waals surface area contributed by atoms with E-state index < -0.39 is 5.97 Å². The van der Waals surface area contributed by atoms with Gasteiger partial charge in [-0.2, -0.15) is 0 Å². The van der Waals surface area contributed by atoms with Gasteiger partial charge in [-0.25, -0.2) is 0 Å². The standard InChI is InChI=1S/C25H31N5O3/c26-25(27-11-10-19-4-2-1-3-5-19)21-8-6-20(7-9-21)23-16-22(33-28-23)17-29-12-14-30(15-13-29)18-24(31)32/h1-9,22H,10-18H2,(H2,26,27)(H,31,32). The number of amidine groups is 1. The van der Waals surface area contributed by atoms with Gasteiger partial charge in [-0.15, -0.1) is 0 Å². The number of carbonyl (C=O) groups is 1. The minimum absolute atomic E-state index is 0.0173. The molecular weight excluding hydrogens is 418 g/mol. The van der Waals surface area contributed by atoms with Gasteiger partial charge in [0.1, 0.15) is 11.9 Å². The number of oxime groups is 1. The zero-order valence-corrected chi connectivity index (χ0v) is 18.7. The lowest BCUT2D eigenvalue weighted by Crippen LogP contribution is -2.49. The average molecular weight is 450 g/mol. The van der Waals surface area contributed by atoms with Crippen molar-refractivity contribution in [2.75, 3.05) is 45.8 Å². The van der Waals surface area contributed by atoms with Crippen LogP contribution in [0.3, 0.4) is 0 Å². The van der Waals surface area contributed by atoms with E-state index in [1.807, 2.05) is 47.4 Å². The molecule has 3 N–H and O–H groups in total. The highest BCUT2D eigenvalue weighted by Crippen LogP contribution is 2.19. The number of carboxylic acids is 1. The maximum absolute atomic E-state index is 10.9. The molecule has 174 valence electrons. The summed E-state index contributed by atoms with van der Waals surface area (Å²) in [6.45, 7) is 4.84. The molecule has 2 heterocycles. The summed E-state index contributed by atoms with van der Waals surface area (Å²) < 4.78 is 0. The first-order chi connectivity index (χ1) is 16.1. The quantitative estimate of drug-likeness (QED) is 0.400. The summed E-state index contributed by atoms with van der Waals surface area (Å²) in [5, 5.41) is 24.7. The topological polar surface area (TPSA) is 101 Å². The molecule has 0 amide bonds. The first-order valence-corrected chi connectivity index (χ1v) is 11.4. The van der Waals surface area contributed by atoms with E-state index in [-0.39, 0.29) is 12.6 Å². The number of hydrogen-bond donors (Lipinski definition) is 3. The zero-order valence-electron chi connectivity index (χ0n) is 18.7. The third-order valence-electron chi connectivity index (χ3n) is 6.08. The van der Waals surface area contributed by atoms with Crippen LogP contribution in [0.15, 0.2) is 59.8 Å². The molecule has 1 unspecified atom stereocenters.